The second kappa shape index (κ2) is 8.57. The third-order valence-corrected chi connectivity index (χ3v) is 6.52. The number of amides is 2. The molecule has 164 valence electrons. The minimum absolute atomic E-state index is 0.0542. The van der Waals surface area contributed by atoms with Gasteiger partial charge in [-0.1, -0.05) is 48.0 Å². The zero-order valence-corrected chi connectivity index (χ0v) is 18.1. The quantitative estimate of drug-likeness (QED) is 0.639. The van der Waals surface area contributed by atoms with Crippen LogP contribution < -0.4 is 10.2 Å². The number of aromatic nitrogens is 2. The van der Waals surface area contributed by atoms with Crippen molar-refractivity contribution in [3.8, 4) is 11.4 Å². The van der Waals surface area contributed by atoms with Crippen LogP contribution >= 0.6 is 0 Å². The van der Waals surface area contributed by atoms with Gasteiger partial charge in [0.15, 0.2) is 0 Å². The van der Waals surface area contributed by atoms with Crippen LogP contribution in [0, 0.1) is 12.8 Å². The van der Waals surface area contributed by atoms with Gasteiger partial charge in [0.25, 0.3) is 0 Å². The summed E-state index contributed by atoms with van der Waals surface area (Å²) in [5.41, 5.74) is 3.76. The summed E-state index contributed by atoms with van der Waals surface area (Å²) < 4.78 is 5.44. The average Bonchev–Trinajstić information content (AvgIpc) is 3.39. The maximum absolute atomic E-state index is 12.7. The van der Waals surface area contributed by atoms with Crippen molar-refractivity contribution in [1.82, 2.24) is 15.5 Å². The number of nitrogens with zero attached hydrogens (tertiary/aromatic N) is 3. The maximum Gasteiger partial charge on any atom is 0.230 e. The summed E-state index contributed by atoms with van der Waals surface area (Å²) in [6.07, 6.45) is 3.60. The van der Waals surface area contributed by atoms with Gasteiger partial charge < -0.3 is 14.7 Å². The first kappa shape index (κ1) is 20.4. The smallest absolute Gasteiger partial charge is 0.230 e. The molecule has 1 unspecified atom stereocenters. The van der Waals surface area contributed by atoms with Gasteiger partial charge in [0, 0.05) is 36.7 Å². The molecule has 0 spiro atoms. The van der Waals surface area contributed by atoms with Crippen LogP contribution in [0.1, 0.15) is 48.6 Å². The molecule has 7 heteroatoms. The van der Waals surface area contributed by atoms with Crippen LogP contribution in [0.15, 0.2) is 53.1 Å². The number of hydrogen-bond donors (Lipinski definition) is 1. The molecule has 0 bridgehead atoms. The van der Waals surface area contributed by atoms with Crippen molar-refractivity contribution in [2.75, 3.05) is 11.4 Å². The Morgan fingerprint density at radius 3 is 2.81 bits per heavy atom. The molecule has 0 radical (unpaired) electrons. The van der Waals surface area contributed by atoms with Gasteiger partial charge in [-0.3, -0.25) is 9.59 Å². The number of carbonyl (C=O) groups excluding carboxylic acids is 2. The molecular formula is C25H26N4O3. The fourth-order valence-electron chi connectivity index (χ4n) is 4.25. The third-order valence-electron chi connectivity index (χ3n) is 6.52. The number of aryl methyl sites for hydroxylation is 1. The molecule has 1 aromatic heterocycles. The van der Waals surface area contributed by atoms with Crippen molar-refractivity contribution < 1.29 is 14.1 Å². The molecule has 1 saturated carbocycles. The summed E-state index contributed by atoms with van der Waals surface area (Å²) in [6, 6.07) is 15.5. The van der Waals surface area contributed by atoms with Crippen LogP contribution in [0.25, 0.3) is 11.4 Å². The normalized spacial score (nSPS) is 18.6. The molecular weight excluding hydrogens is 404 g/mol. The van der Waals surface area contributed by atoms with Gasteiger partial charge >= 0.3 is 0 Å². The Kier molecular flexibility index (Phi) is 5.47. The van der Waals surface area contributed by atoms with E-state index in [9.17, 15) is 9.59 Å². The van der Waals surface area contributed by atoms with Gasteiger partial charge in [0.05, 0.1) is 5.92 Å². The first-order valence-electron chi connectivity index (χ1n) is 11.1. The molecule has 2 amide bonds. The van der Waals surface area contributed by atoms with E-state index in [1.807, 2.05) is 55.5 Å². The average molecular weight is 431 g/mol. The Labute approximate surface area is 186 Å². The molecule has 5 rings (SSSR count). The molecule has 7 nitrogen and oxygen atoms in total. The van der Waals surface area contributed by atoms with Crippen LogP contribution in [0.2, 0.25) is 0 Å². The van der Waals surface area contributed by atoms with Crippen LogP contribution in [0.4, 0.5) is 5.69 Å². The van der Waals surface area contributed by atoms with Gasteiger partial charge in [-0.15, -0.1) is 0 Å². The summed E-state index contributed by atoms with van der Waals surface area (Å²) >= 11 is 0. The van der Waals surface area contributed by atoms with E-state index in [1.165, 1.54) is 6.42 Å². The lowest BCUT2D eigenvalue weighted by molar-refractivity contribution is -0.126. The Hall–Kier alpha value is -3.48. The van der Waals surface area contributed by atoms with Gasteiger partial charge in [0.2, 0.25) is 23.5 Å². The number of nitrogens with one attached hydrogen (secondary N) is 1. The highest BCUT2D eigenvalue weighted by Gasteiger charge is 2.35. The summed E-state index contributed by atoms with van der Waals surface area (Å²) in [4.78, 5) is 31.6. The van der Waals surface area contributed by atoms with E-state index in [2.05, 4.69) is 15.5 Å². The molecule has 32 heavy (non-hydrogen) atoms. The summed E-state index contributed by atoms with van der Waals surface area (Å²) in [5.74, 6) is 1.08. The number of carbonyl (C=O) groups is 2. The Bertz CT molecular complexity index is 1150. The number of hydrogen-bond acceptors (Lipinski definition) is 5. The lowest BCUT2D eigenvalue weighted by Crippen LogP contribution is -2.32. The van der Waals surface area contributed by atoms with E-state index < -0.39 is 0 Å². The van der Waals surface area contributed by atoms with Crippen molar-refractivity contribution >= 4 is 17.5 Å². The molecule has 1 N–H and O–H groups in total. The maximum atomic E-state index is 12.7. The molecule has 1 aliphatic heterocycles. The zero-order chi connectivity index (χ0) is 22.1. The van der Waals surface area contributed by atoms with Crippen molar-refractivity contribution in [3.05, 3.63) is 65.5 Å². The number of benzene rings is 2. The van der Waals surface area contributed by atoms with Gasteiger partial charge in [-0.05, 0) is 43.0 Å². The van der Waals surface area contributed by atoms with E-state index >= 15 is 0 Å². The molecule has 1 aliphatic carbocycles. The van der Waals surface area contributed by atoms with Crippen molar-refractivity contribution in [2.45, 2.75) is 45.1 Å². The van der Waals surface area contributed by atoms with E-state index in [4.69, 9.17) is 4.52 Å². The Balaban J connectivity index is 1.26. The Morgan fingerprint density at radius 1 is 1.19 bits per heavy atom. The first-order chi connectivity index (χ1) is 15.6. The number of anilines is 1. The molecule has 2 aromatic carbocycles. The van der Waals surface area contributed by atoms with E-state index in [0.29, 0.717) is 30.7 Å². The highest BCUT2D eigenvalue weighted by molar-refractivity contribution is 6.00. The van der Waals surface area contributed by atoms with E-state index in [0.717, 1.165) is 35.2 Å². The van der Waals surface area contributed by atoms with Crippen molar-refractivity contribution in [2.24, 2.45) is 5.92 Å². The van der Waals surface area contributed by atoms with E-state index in [-0.39, 0.29) is 24.2 Å². The molecule has 3 aromatic rings. The van der Waals surface area contributed by atoms with Gasteiger partial charge in [-0.25, -0.2) is 0 Å². The predicted molar refractivity (Wildman–Crippen MR) is 120 cm³/mol. The van der Waals surface area contributed by atoms with Crippen LogP contribution in [0.3, 0.4) is 0 Å². The molecule has 2 aliphatic rings. The van der Waals surface area contributed by atoms with E-state index in [1.54, 1.807) is 4.90 Å². The molecule has 2 fully saturated rings. The van der Waals surface area contributed by atoms with Gasteiger partial charge in [0.1, 0.15) is 0 Å². The Morgan fingerprint density at radius 2 is 2.03 bits per heavy atom. The topological polar surface area (TPSA) is 88.3 Å². The van der Waals surface area contributed by atoms with Crippen LogP contribution in [-0.2, 0) is 16.1 Å². The van der Waals surface area contributed by atoms with Crippen LogP contribution in [-0.4, -0.2) is 28.5 Å². The predicted octanol–water partition coefficient (Wildman–Crippen LogP) is 3.98. The van der Waals surface area contributed by atoms with Crippen molar-refractivity contribution in [1.29, 1.82) is 0 Å². The largest absolute Gasteiger partial charge is 0.352 e. The monoisotopic (exact) mass is 430 g/mol. The third kappa shape index (κ3) is 4.02. The fourth-order valence-corrected chi connectivity index (χ4v) is 4.25. The number of rotatable bonds is 6. The first-order valence-corrected chi connectivity index (χ1v) is 11.1. The summed E-state index contributed by atoms with van der Waals surface area (Å²) in [5, 5.41) is 7.11. The van der Waals surface area contributed by atoms with Crippen molar-refractivity contribution in [3.63, 3.8) is 0 Å². The minimum Gasteiger partial charge on any atom is -0.352 e. The lowest BCUT2D eigenvalue weighted by atomic mass is 9.85. The standard InChI is InChI=1S/C25H26N4O3/c1-16-6-2-3-7-19(16)14-26-24(31)20-13-22(30)29(15-20)21-11-5-10-18(12-21)23-27-25(32-28-23)17-8-4-9-17/h2-3,5-7,10-12,17,20H,4,8-9,13-15H2,1H3,(H,26,31). The van der Waals surface area contributed by atoms with Gasteiger partial charge in [-0.2, -0.15) is 4.98 Å². The SMILES string of the molecule is Cc1ccccc1CNC(=O)C1CC(=O)N(c2cccc(-c3noc(C4CCC4)n3)c2)C1. The molecule has 2 heterocycles. The molecule has 1 saturated heterocycles. The summed E-state index contributed by atoms with van der Waals surface area (Å²) in [7, 11) is 0. The highest BCUT2D eigenvalue weighted by atomic mass is 16.5. The summed E-state index contributed by atoms with van der Waals surface area (Å²) in [6.45, 7) is 2.85. The van der Waals surface area contributed by atoms with Crippen LogP contribution in [0.5, 0.6) is 0 Å². The minimum atomic E-state index is -0.370. The lowest BCUT2D eigenvalue weighted by Gasteiger charge is -2.20. The molecule has 1 atom stereocenters. The highest BCUT2D eigenvalue weighted by Crippen LogP contribution is 2.36. The second-order valence-corrected chi connectivity index (χ2v) is 8.68. The zero-order valence-electron chi connectivity index (χ0n) is 18.1. The second-order valence-electron chi connectivity index (χ2n) is 8.68. The fraction of sp³-hybridized carbons (Fsp3) is 0.360.